The smallest absolute Gasteiger partial charge is 0.270 e. The lowest BCUT2D eigenvalue weighted by molar-refractivity contribution is -0.384. The van der Waals surface area contributed by atoms with Gasteiger partial charge in [-0.2, -0.15) is 0 Å². The van der Waals surface area contributed by atoms with E-state index in [1.165, 1.54) is 19.1 Å². The monoisotopic (exact) mass is 381 g/mol. The van der Waals surface area contributed by atoms with Gasteiger partial charge in [-0.3, -0.25) is 19.7 Å². The molecule has 1 amide bonds. The number of carbonyl (C=O) groups excluding carboxylic acids is 2. The summed E-state index contributed by atoms with van der Waals surface area (Å²) >= 11 is 0. The highest BCUT2D eigenvalue weighted by Gasteiger charge is 2.24. The number of ketones is 1. The lowest BCUT2D eigenvalue weighted by Gasteiger charge is -2.33. The second kappa shape index (κ2) is 8.21. The normalized spacial score (nSPS) is 14.6. The third-order valence-corrected chi connectivity index (χ3v) is 5.11. The molecule has 7 heteroatoms. The number of nitrogens with zero attached hydrogens (tertiary/aromatic N) is 2. The molecule has 0 bridgehead atoms. The number of para-hydroxylation sites is 1. The second-order valence-corrected chi connectivity index (χ2v) is 7.18. The van der Waals surface area contributed by atoms with Crippen LogP contribution >= 0.6 is 0 Å². The average molecular weight is 381 g/mol. The van der Waals surface area contributed by atoms with Crippen molar-refractivity contribution in [1.82, 2.24) is 0 Å². The summed E-state index contributed by atoms with van der Waals surface area (Å²) in [4.78, 5) is 37.6. The molecule has 146 valence electrons. The van der Waals surface area contributed by atoms with Gasteiger partial charge in [0.1, 0.15) is 0 Å². The van der Waals surface area contributed by atoms with E-state index in [1.54, 1.807) is 30.3 Å². The van der Waals surface area contributed by atoms with Crippen molar-refractivity contribution in [1.29, 1.82) is 0 Å². The van der Waals surface area contributed by atoms with E-state index in [0.717, 1.165) is 25.9 Å². The van der Waals surface area contributed by atoms with Gasteiger partial charge in [-0.1, -0.05) is 19.1 Å². The number of nitrogens with one attached hydrogen (secondary N) is 1. The molecule has 1 aliphatic heterocycles. The topological polar surface area (TPSA) is 92.5 Å². The molecule has 3 rings (SSSR count). The Morgan fingerprint density at radius 3 is 2.43 bits per heavy atom. The number of carbonyl (C=O) groups is 2. The Morgan fingerprint density at radius 1 is 1.11 bits per heavy atom. The highest BCUT2D eigenvalue weighted by Crippen LogP contribution is 2.30. The maximum absolute atomic E-state index is 13.0. The molecule has 2 aromatic rings. The van der Waals surface area contributed by atoms with Gasteiger partial charge in [-0.15, -0.1) is 0 Å². The fourth-order valence-electron chi connectivity index (χ4n) is 3.43. The number of Topliss-reactive ketones (excluding diaryl/α,β-unsaturated/α-hetero) is 1. The number of hydrogen-bond donors (Lipinski definition) is 1. The Labute approximate surface area is 163 Å². The molecule has 1 heterocycles. The van der Waals surface area contributed by atoms with Crippen LogP contribution in [-0.4, -0.2) is 29.7 Å². The zero-order valence-corrected chi connectivity index (χ0v) is 16.0. The fourth-order valence-corrected chi connectivity index (χ4v) is 3.43. The highest BCUT2D eigenvalue weighted by molar-refractivity contribution is 6.11. The van der Waals surface area contributed by atoms with E-state index >= 15 is 0 Å². The zero-order valence-electron chi connectivity index (χ0n) is 16.0. The first-order chi connectivity index (χ1) is 13.4. The van der Waals surface area contributed by atoms with Crippen molar-refractivity contribution >= 4 is 28.8 Å². The summed E-state index contributed by atoms with van der Waals surface area (Å²) in [5.41, 5.74) is 1.57. The molecular weight excluding hydrogens is 358 g/mol. The summed E-state index contributed by atoms with van der Waals surface area (Å²) in [6.45, 7) is 5.21. The summed E-state index contributed by atoms with van der Waals surface area (Å²) in [6, 6.07) is 11.1. The molecule has 0 aliphatic carbocycles. The Kier molecular flexibility index (Phi) is 5.73. The maximum atomic E-state index is 13.0. The number of rotatable bonds is 5. The number of hydrogen-bond acceptors (Lipinski definition) is 5. The number of non-ortho nitro benzene ring substituents is 1. The van der Waals surface area contributed by atoms with Crippen LogP contribution in [0.5, 0.6) is 0 Å². The van der Waals surface area contributed by atoms with Crippen molar-refractivity contribution in [2.24, 2.45) is 5.92 Å². The summed E-state index contributed by atoms with van der Waals surface area (Å²) in [5, 5.41) is 14.0. The lowest BCUT2D eigenvalue weighted by Crippen LogP contribution is -2.34. The molecule has 1 saturated heterocycles. The molecule has 0 radical (unpaired) electrons. The summed E-state index contributed by atoms with van der Waals surface area (Å²) < 4.78 is 0. The first-order valence-corrected chi connectivity index (χ1v) is 9.31. The van der Waals surface area contributed by atoms with Gasteiger partial charge >= 0.3 is 0 Å². The van der Waals surface area contributed by atoms with Gasteiger partial charge in [-0.05, 0) is 43.9 Å². The quantitative estimate of drug-likeness (QED) is 0.474. The molecule has 28 heavy (non-hydrogen) atoms. The standard InChI is InChI=1S/C21H23N3O4/c1-14-9-11-23(12-10-14)20-8-7-16(24(27)28)13-18(20)21(26)22-19-6-4-3-5-17(19)15(2)25/h3-8,13-14H,9-12H2,1-2H3,(H,22,26). The molecule has 0 saturated carbocycles. The van der Waals surface area contributed by atoms with E-state index in [-0.39, 0.29) is 17.0 Å². The number of amides is 1. The van der Waals surface area contributed by atoms with Crippen molar-refractivity contribution < 1.29 is 14.5 Å². The average Bonchev–Trinajstić information content (AvgIpc) is 2.68. The molecule has 2 aromatic carbocycles. The number of benzene rings is 2. The first kappa shape index (κ1) is 19.5. The van der Waals surface area contributed by atoms with Crippen LogP contribution in [0, 0.1) is 16.0 Å². The Bertz CT molecular complexity index is 918. The summed E-state index contributed by atoms with van der Waals surface area (Å²) in [7, 11) is 0. The largest absolute Gasteiger partial charge is 0.371 e. The van der Waals surface area contributed by atoms with Gasteiger partial charge in [0.25, 0.3) is 11.6 Å². The predicted octanol–water partition coefficient (Wildman–Crippen LogP) is 4.29. The van der Waals surface area contributed by atoms with Gasteiger partial charge in [-0.25, -0.2) is 0 Å². The van der Waals surface area contributed by atoms with Crippen molar-refractivity contribution in [2.75, 3.05) is 23.3 Å². The van der Waals surface area contributed by atoms with Crippen LogP contribution in [0.15, 0.2) is 42.5 Å². The van der Waals surface area contributed by atoms with Gasteiger partial charge in [0.2, 0.25) is 0 Å². The SMILES string of the molecule is CC(=O)c1ccccc1NC(=O)c1cc([N+](=O)[O-])ccc1N1CCC(C)CC1. The van der Waals surface area contributed by atoms with E-state index in [9.17, 15) is 19.7 Å². The molecule has 7 nitrogen and oxygen atoms in total. The maximum Gasteiger partial charge on any atom is 0.270 e. The van der Waals surface area contributed by atoms with Crippen LogP contribution in [0.3, 0.4) is 0 Å². The van der Waals surface area contributed by atoms with Gasteiger partial charge in [0.15, 0.2) is 5.78 Å². The highest BCUT2D eigenvalue weighted by atomic mass is 16.6. The zero-order chi connectivity index (χ0) is 20.3. The number of piperidine rings is 1. The van der Waals surface area contributed by atoms with Crippen LogP contribution in [0.1, 0.15) is 47.4 Å². The van der Waals surface area contributed by atoms with Crippen molar-refractivity contribution in [2.45, 2.75) is 26.7 Å². The van der Waals surface area contributed by atoms with Crippen LogP contribution in [0.4, 0.5) is 17.1 Å². The predicted molar refractivity (Wildman–Crippen MR) is 108 cm³/mol. The fraction of sp³-hybridized carbons (Fsp3) is 0.333. The molecule has 0 atom stereocenters. The van der Waals surface area contributed by atoms with E-state index in [0.29, 0.717) is 22.9 Å². The van der Waals surface area contributed by atoms with Gasteiger partial charge in [0.05, 0.1) is 21.9 Å². The number of anilines is 2. The molecule has 1 aliphatic rings. The molecule has 0 spiro atoms. The van der Waals surface area contributed by atoms with E-state index in [2.05, 4.69) is 17.1 Å². The Balaban J connectivity index is 1.96. The van der Waals surface area contributed by atoms with E-state index in [4.69, 9.17) is 0 Å². The number of nitro groups is 1. The minimum absolute atomic E-state index is 0.140. The molecular formula is C21H23N3O4. The molecule has 0 unspecified atom stereocenters. The van der Waals surface area contributed by atoms with Crippen molar-refractivity contribution in [3.05, 3.63) is 63.7 Å². The van der Waals surface area contributed by atoms with Crippen molar-refractivity contribution in [3.8, 4) is 0 Å². The van der Waals surface area contributed by atoms with Gasteiger partial charge in [0, 0.05) is 30.8 Å². The van der Waals surface area contributed by atoms with E-state index in [1.807, 2.05) is 0 Å². The Morgan fingerprint density at radius 2 is 1.79 bits per heavy atom. The van der Waals surface area contributed by atoms with Gasteiger partial charge < -0.3 is 10.2 Å². The van der Waals surface area contributed by atoms with Crippen LogP contribution in [-0.2, 0) is 0 Å². The molecule has 1 fully saturated rings. The summed E-state index contributed by atoms with van der Waals surface area (Å²) in [6.07, 6.45) is 2.01. The van der Waals surface area contributed by atoms with E-state index < -0.39 is 10.8 Å². The third-order valence-electron chi connectivity index (χ3n) is 5.11. The summed E-state index contributed by atoms with van der Waals surface area (Å²) in [5.74, 6) is -0.0137. The Hall–Kier alpha value is -3.22. The number of nitro benzene ring substituents is 1. The minimum atomic E-state index is -0.512. The van der Waals surface area contributed by atoms with Crippen LogP contribution in [0.25, 0.3) is 0 Å². The lowest BCUT2D eigenvalue weighted by atomic mass is 9.97. The minimum Gasteiger partial charge on any atom is -0.371 e. The third kappa shape index (κ3) is 4.19. The molecule has 1 N–H and O–H groups in total. The van der Waals surface area contributed by atoms with Crippen LogP contribution < -0.4 is 10.2 Å². The molecule has 0 aromatic heterocycles. The second-order valence-electron chi connectivity index (χ2n) is 7.18. The van der Waals surface area contributed by atoms with Crippen LogP contribution in [0.2, 0.25) is 0 Å². The van der Waals surface area contributed by atoms with Crippen molar-refractivity contribution in [3.63, 3.8) is 0 Å². The first-order valence-electron chi connectivity index (χ1n) is 9.31.